The van der Waals surface area contributed by atoms with Crippen molar-refractivity contribution in [3.8, 4) is 0 Å². The molecule has 1 aliphatic heterocycles. The molecule has 0 bridgehead atoms. The van der Waals surface area contributed by atoms with Crippen molar-refractivity contribution in [2.24, 2.45) is 5.92 Å². The lowest BCUT2D eigenvalue weighted by Crippen LogP contribution is -2.44. The minimum Gasteiger partial charge on any atom is -0.274 e. The van der Waals surface area contributed by atoms with Gasteiger partial charge in [0.05, 0.1) is 17.0 Å². The van der Waals surface area contributed by atoms with Crippen molar-refractivity contribution in [3.05, 3.63) is 137 Å². The molecule has 5 heteroatoms. The first kappa shape index (κ1) is 20.8. The third-order valence-corrected chi connectivity index (χ3v) is 7.51. The van der Waals surface area contributed by atoms with Crippen molar-refractivity contribution in [3.63, 3.8) is 0 Å². The first-order valence-electron chi connectivity index (χ1n) is 11.0. The largest absolute Gasteiger partial charge is 0.274 e. The van der Waals surface area contributed by atoms with Crippen molar-refractivity contribution in [2.75, 3.05) is 4.90 Å². The maximum absolute atomic E-state index is 14.4. The Morgan fingerprint density at radius 3 is 1.68 bits per heavy atom. The Hall–Kier alpha value is -3.76. The third-order valence-electron chi connectivity index (χ3n) is 7.26. The Balaban J connectivity index is 1.64. The zero-order chi connectivity index (χ0) is 23.5. The summed E-state index contributed by atoms with van der Waals surface area (Å²) in [4.78, 5) is 29.6. The second-order valence-electron chi connectivity index (χ2n) is 8.74. The normalized spacial score (nSPS) is 22.5. The number of benzene rings is 4. The van der Waals surface area contributed by atoms with Gasteiger partial charge in [-0.25, -0.2) is 9.29 Å². The smallest absolute Gasteiger partial charge is 0.246 e. The second-order valence-corrected chi connectivity index (χ2v) is 9.18. The Kier molecular flexibility index (Phi) is 4.51. The van der Waals surface area contributed by atoms with Crippen LogP contribution in [0.5, 0.6) is 0 Å². The number of carbonyl (C=O) groups excluding carboxylic acids is 2. The van der Waals surface area contributed by atoms with Gasteiger partial charge >= 0.3 is 0 Å². The average Bonchev–Trinajstić information content (AvgIpc) is 3.46. The summed E-state index contributed by atoms with van der Waals surface area (Å²) in [6, 6.07) is 32.1. The van der Waals surface area contributed by atoms with Gasteiger partial charge in [-0.15, -0.1) is 0 Å². The molecule has 6 rings (SSSR count). The van der Waals surface area contributed by atoms with Crippen LogP contribution in [0.15, 0.2) is 109 Å². The number of fused-ring (bicyclic) bond motifs is 1. The minimum absolute atomic E-state index is 0.292. The highest BCUT2D eigenvalue weighted by Gasteiger charge is 2.89. The quantitative estimate of drug-likeness (QED) is 0.350. The van der Waals surface area contributed by atoms with Crippen molar-refractivity contribution < 1.29 is 14.0 Å². The SMILES string of the molecule is O=C1C2C(c3ccc(Cl)cc3)(C(=O)N1c1ccc(F)cc1)C2(c1ccccc1)c1ccccc1. The zero-order valence-electron chi connectivity index (χ0n) is 18.0. The maximum atomic E-state index is 14.4. The van der Waals surface area contributed by atoms with Crippen LogP contribution >= 0.6 is 11.6 Å². The van der Waals surface area contributed by atoms with E-state index >= 15 is 0 Å². The van der Waals surface area contributed by atoms with Crippen molar-refractivity contribution in [2.45, 2.75) is 10.8 Å². The van der Waals surface area contributed by atoms with E-state index < -0.39 is 22.6 Å². The molecule has 0 spiro atoms. The van der Waals surface area contributed by atoms with E-state index in [1.165, 1.54) is 29.2 Å². The molecule has 1 saturated heterocycles. The Labute approximate surface area is 201 Å². The number of imide groups is 1. The maximum Gasteiger partial charge on any atom is 0.246 e. The molecular weight excluding hydrogens is 449 g/mol. The number of carbonyl (C=O) groups is 2. The van der Waals surface area contributed by atoms with Crippen molar-refractivity contribution in [1.29, 1.82) is 0 Å². The second kappa shape index (κ2) is 7.37. The van der Waals surface area contributed by atoms with E-state index in [4.69, 9.17) is 11.6 Å². The lowest BCUT2D eigenvalue weighted by molar-refractivity contribution is -0.124. The van der Waals surface area contributed by atoms with Crippen LogP contribution in [0.3, 0.4) is 0 Å². The van der Waals surface area contributed by atoms with Crippen molar-refractivity contribution in [1.82, 2.24) is 0 Å². The third kappa shape index (κ3) is 2.52. The van der Waals surface area contributed by atoms with Crippen LogP contribution in [0, 0.1) is 11.7 Å². The number of anilines is 1. The highest BCUT2D eigenvalue weighted by atomic mass is 35.5. The van der Waals surface area contributed by atoms with E-state index in [0.29, 0.717) is 10.7 Å². The van der Waals surface area contributed by atoms with Gasteiger partial charge in [-0.2, -0.15) is 0 Å². The summed E-state index contributed by atoms with van der Waals surface area (Å²) in [6.07, 6.45) is 0. The van der Waals surface area contributed by atoms with Gasteiger partial charge in [-0.3, -0.25) is 9.59 Å². The van der Waals surface area contributed by atoms with E-state index in [-0.39, 0.29) is 11.8 Å². The van der Waals surface area contributed by atoms with E-state index in [1.54, 1.807) is 12.1 Å². The highest BCUT2D eigenvalue weighted by Crippen LogP contribution is 2.77. The molecule has 3 nitrogen and oxygen atoms in total. The molecule has 2 aliphatic rings. The van der Waals surface area contributed by atoms with Gasteiger partial charge in [0.1, 0.15) is 11.2 Å². The number of hydrogen-bond acceptors (Lipinski definition) is 2. The lowest BCUT2D eigenvalue weighted by atomic mass is 9.76. The van der Waals surface area contributed by atoms with E-state index in [1.807, 2.05) is 72.8 Å². The van der Waals surface area contributed by atoms with Gasteiger partial charge in [0.15, 0.2) is 0 Å². The molecule has 2 fully saturated rings. The van der Waals surface area contributed by atoms with Crippen LogP contribution in [-0.4, -0.2) is 11.8 Å². The van der Waals surface area contributed by atoms with Crippen LogP contribution in [0.1, 0.15) is 16.7 Å². The molecule has 1 saturated carbocycles. The Morgan fingerprint density at radius 2 is 1.15 bits per heavy atom. The fraction of sp³-hybridized carbons (Fsp3) is 0.103. The fourth-order valence-corrected chi connectivity index (χ4v) is 6.09. The summed E-state index contributed by atoms with van der Waals surface area (Å²) >= 11 is 6.19. The molecule has 1 aliphatic carbocycles. The van der Waals surface area contributed by atoms with Crippen LogP contribution in [0.25, 0.3) is 0 Å². The molecule has 4 aromatic rings. The summed E-state index contributed by atoms with van der Waals surface area (Å²) in [5.41, 5.74) is 0.896. The minimum atomic E-state index is -1.15. The van der Waals surface area contributed by atoms with Crippen molar-refractivity contribution >= 4 is 29.1 Å². The van der Waals surface area contributed by atoms with Gasteiger partial charge in [0.25, 0.3) is 0 Å². The summed E-state index contributed by atoms with van der Waals surface area (Å²) in [5, 5.41) is 0.550. The van der Waals surface area contributed by atoms with Crippen LogP contribution in [-0.2, 0) is 20.4 Å². The Bertz CT molecular complexity index is 1360. The number of nitrogens with zero attached hydrogens (tertiary/aromatic N) is 1. The van der Waals surface area contributed by atoms with Crippen LogP contribution in [0.2, 0.25) is 5.02 Å². The monoisotopic (exact) mass is 467 g/mol. The lowest BCUT2D eigenvalue weighted by Gasteiger charge is -2.31. The average molecular weight is 468 g/mol. The molecule has 2 unspecified atom stereocenters. The summed E-state index contributed by atoms with van der Waals surface area (Å²) in [7, 11) is 0. The van der Waals surface area contributed by atoms with Gasteiger partial charge < -0.3 is 0 Å². The van der Waals surface area contributed by atoms with E-state index in [0.717, 1.165) is 16.7 Å². The number of hydrogen-bond donors (Lipinski definition) is 0. The molecule has 0 N–H and O–H groups in total. The van der Waals surface area contributed by atoms with Gasteiger partial charge in [0.2, 0.25) is 11.8 Å². The molecule has 4 aromatic carbocycles. The number of rotatable bonds is 4. The molecule has 166 valence electrons. The summed E-state index contributed by atoms with van der Waals surface area (Å²) < 4.78 is 13.6. The molecule has 1 heterocycles. The first-order valence-corrected chi connectivity index (χ1v) is 11.4. The van der Waals surface area contributed by atoms with E-state index in [2.05, 4.69) is 0 Å². The fourth-order valence-electron chi connectivity index (χ4n) is 5.97. The predicted molar refractivity (Wildman–Crippen MR) is 129 cm³/mol. The molecule has 34 heavy (non-hydrogen) atoms. The summed E-state index contributed by atoms with van der Waals surface area (Å²) in [6.45, 7) is 0. The molecular formula is C29H19ClFNO2. The van der Waals surface area contributed by atoms with E-state index in [9.17, 15) is 14.0 Å². The number of halogens is 2. The van der Waals surface area contributed by atoms with Gasteiger partial charge in [-0.1, -0.05) is 84.4 Å². The molecule has 0 radical (unpaired) electrons. The number of piperidine rings is 1. The summed E-state index contributed by atoms with van der Waals surface area (Å²) in [5.74, 6) is -1.68. The topological polar surface area (TPSA) is 37.4 Å². The highest BCUT2D eigenvalue weighted by molar-refractivity contribution is 6.32. The number of amides is 2. The molecule has 0 aromatic heterocycles. The molecule has 2 atom stereocenters. The zero-order valence-corrected chi connectivity index (χ0v) is 18.7. The Morgan fingerprint density at radius 1 is 0.647 bits per heavy atom. The molecule has 2 amide bonds. The first-order chi connectivity index (χ1) is 16.5. The van der Waals surface area contributed by atoms with Crippen LogP contribution < -0.4 is 4.90 Å². The van der Waals surface area contributed by atoms with Gasteiger partial charge in [0, 0.05) is 5.02 Å². The standard InChI is InChI=1S/C29H19ClFNO2/c30-22-13-11-21(12-14-22)29-25(26(33)32(27(29)34)24-17-15-23(31)16-18-24)28(29,19-7-3-1-4-8-19)20-9-5-2-6-10-20/h1-18,25H. The van der Waals surface area contributed by atoms with Gasteiger partial charge in [-0.05, 0) is 53.1 Å². The predicted octanol–water partition coefficient (Wildman–Crippen LogP) is 5.91. The van der Waals surface area contributed by atoms with Crippen LogP contribution in [0.4, 0.5) is 10.1 Å².